The molecule has 1 aliphatic rings. The normalized spacial score (nSPS) is 21.3. The predicted octanol–water partition coefficient (Wildman–Crippen LogP) is 3.16. The number of carbonyl (C=O) groups excluding carboxylic acids is 1. The number of carbonyl (C=O) groups is 2. The van der Waals surface area contributed by atoms with Gasteiger partial charge in [-0.2, -0.15) is 0 Å². The van der Waals surface area contributed by atoms with Gasteiger partial charge < -0.3 is 15.4 Å². The van der Waals surface area contributed by atoms with Gasteiger partial charge in [-0.25, -0.2) is 0 Å². The van der Waals surface area contributed by atoms with Crippen molar-refractivity contribution >= 4 is 22.8 Å². The molecule has 5 heteroatoms. The van der Waals surface area contributed by atoms with Gasteiger partial charge in [0.15, 0.2) is 0 Å². The monoisotopic (exact) mass is 314 g/mol. The molecule has 0 unspecified atom stereocenters. The molecule has 0 atom stereocenters. The standard InChI is InChI=1S/C18H22N2O3/c1-10-11(2)19-16-14(10)4-3-5-15(16)17(21)20-13-8-6-12(7-9-13)18(22)23/h3-5,12-13,19H,6-9H2,1-2H3,(H,20,21)(H,22,23). The molecule has 0 aliphatic heterocycles. The van der Waals surface area contributed by atoms with Gasteiger partial charge in [0.25, 0.3) is 5.91 Å². The molecule has 1 aliphatic carbocycles. The third-order valence-electron chi connectivity index (χ3n) is 5.00. The lowest BCUT2D eigenvalue weighted by Gasteiger charge is -2.26. The van der Waals surface area contributed by atoms with E-state index in [2.05, 4.69) is 10.3 Å². The fraction of sp³-hybridized carbons (Fsp3) is 0.444. The van der Waals surface area contributed by atoms with Gasteiger partial charge in [-0.05, 0) is 51.2 Å². The molecule has 0 radical (unpaired) electrons. The fourth-order valence-corrected chi connectivity index (χ4v) is 3.42. The number of aromatic nitrogens is 1. The number of rotatable bonds is 3. The van der Waals surface area contributed by atoms with Crippen molar-refractivity contribution < 1.29 is 14.7 Å². The Bertz CT molecular complexity index is 755. The molecule has 0 spiro atoms. The zero-order chi connectivity index (χ0) is 16.6. The summed E-state index contributed by atoms with van der Waals surface area (Å²) in [5.41, 5.74) is 3.76. The number of aliphatic carboxylic acids is 1. The van der Waals surface area contributed by atoms with Crippen LogP contribution in [0.2, 0.25) is 0 Å². The summed E-state index contributed by atoms with van der Waals surface area (Å²) in [5, 5.41) is 13.2. The highest BCUT2D eigenvalue weighted by atomic mass is 16.4. The first kappa shape index (κ1) is 15.6. The van der Waals surface area contributed by atoms with Crippen molar-refractivity contribution in [2.45, 2.75) is 45.6 Å². The minimum absolute atomic E-state index is 0.0607. The molecular weight excluding hydrogens is 292 g/mol. The lowest BCUT2D eigenvalue weighted by Crippen LogP contribution is -2.38. The second-order valence-corrected chi connectivity index (χ2v) is 6.46. The second-order valence-electron chi connectivity index (χ2n) is 6.46. The summed E-state index contributed by atoms with van der Waals surface area (Å²) in [4.78, 5) is 26.9. The van der Waals surface area contributed by atoms with Crippen LogP contribution in [0.15, 0.2) is 18.2 Å². The number of fused-ring (bicyclic) bond motifs is 1. The van der Waals surface area contributed by atoms with Crippen LogP contribution in [0, 0.1) is 19.8 Å². The van der Waals surface area contributed by atoms with E-state index in [0.717, 1.165) is 35.0 Å². The number of hydrogen-bond acceptors (Lipinski definition) is 2. The molecule has 1 aromatic heterocycles. The average molecular weight is 314 g/mol. The van der Waals surface area contributed by atoms with Crippen molar-refractivity contribution in [2.24, 2.45) is 5.92 Å². The van der Waals surface area contributed by atoms with Crippen molar-refractivity contribution in [1.82, 2.24) is 10.3 Å². The largest absolute Gasteiger partial charge is 0.481 e. The van der Waals surface area contributed by atoms with Gasteiger partial charge in [-0.3, -0.25) is 9.59 Å². The van der Waals surface area contributed by atoms with Crippen LogP contribution in [0.1, 0.15) is 47.3 Å². The Balaban J connectivity index is 1.75. The quantitative estimate of drug-likeness (QED) is 0.814. The summed E-state index contributed by atoms with van der Waals surface area (Å²) in [6, 6.07) is 5.81. The highest BCUT2D eigenvalue weighted by Gasteiger charge is 2.27. The Labute approximate surface area is 135 Å². The number of nitrogens with one attached hydrogen (secondary N) is 2. The smallest absolute Gasteiger partial charge is 0.306 e. The van der Waals surface area contributed by atoms with Crippen LogP contribution in [0.3, 0.4) is 0 Å². The molecule has 23 heavy (non-hydrogen) atoms. The number of H-pyrrole nitrogens is 1. The van der Waals surface area contributed by atoms with E-state index < -0.39 is 5.97 Å². The Morgan fingerprint density at radius 3 is 2.52 bits per heavy atom. The third-order valence-corrected chi connectivity index (χ3v) is 5.00. The molecule has 1 heterocycles. The Kier molecular flexibility index (Phi) is 4.11. The third kappa shape index (κ3) is 2.96. The number of aryl methyl sites for hydroxylation is 2. The van der Waals surface area contributed by atoms with Crippen LogP contribution >= 0.6 is 0 Å². The van der Waals surface area contributed by atoms with Gasteiger partial charge in [0.1, 0.15) is 0 Å². The Morgan fingerprint density at radius 1 is 1.17 bits per heavy atom. The summed E-state index contributed by atoms with van der Waals surface area (Å²) in [6.07, 6.45) is 2.71. The van der Waals surface area contributed by atoms with Crippen LogP contribution in [0.4, 0.5) is 0 Å². The molecule has 1 aromatic carbocycles. The van der Waals surface area contributed by atoms with Crippen LogP contribution in [-0.2, 0) is 4.79 Å². The van der Waals surface area contributed by atoms with Crippen molar-refractivity contribution in [2.75, 3.05) is 0 Å². The number of aromatic amines is 1. The summed E-state index contributed by atoms with van der Waals surface area (Å²) in [5.74, 6) is -1.08. The van der Waals surface area contributed by atoms with Gasteiger partial charge in [0.05, 0.1) is 17.0 Å². The van der Waals surface area contributed by atoms with Gasteiger partial charge in [-0.1, -0.05) is 12.1 Å². The SMILES string of the molecule is Cc1[nH]c2c(C(=O)NC3CCC(C(=O)O)CC3)cccc2c1C. The van der Waals surface area contributed by atoms with E-state index in [1.807, 2.05) is 32.0 Å². The number of carboxylic acid groups (broad SMARTS) is 1. The first-order valence-corrected chi connectivity index (χ1v) is 8.09. The molecule has 0 saturated heterocycles. The Hall–Kier alpha value is -2.30. The first-order valence-electron chi connectivity index (χ1n) is 8.09. The van der Waals surface area contributed by atoms with Gasteiger partial charge in [-0.15, -0.1) is 0 Å². The minimum atomic E-state index is -0.725. The average Bonchev–Trinajstić information content (AvgIpc) is 2.83. The van der Waals surface area contributed by atoms with E-state index in [4.69, 9.17) is 5.11 Å². The van der Waals surface area contributed by atoms with E-state index in [-0.39, 0.29) is 17.9 Å². The number of amides is 1. The van der Waals surface area contributed by atoms with Crippen molar-refractivity contribution in [1.29, 1.82) is 0 Å². The number of carboxylic acids is 1. The summed E-state index contributed by atoms with van der Waals surface area (Å²) >= 11 is 0. The molecule has 122 valence electrons. The van der Waals surface area contributed by atoms with E-state index in [1.165, 1.54) is 0 Å². The van der Waals surface area contributed by atoms with Crippen molar-refractivity contribution in [3.8, 4) is 0 Å². The number of hydrogen-bond donors (Lipinski definition) is 3. The zero-order valence-corrected chi connectivity index (χ0v) is 13.5. The molecule has 1 fully saturated rings. The summed E-state index contributed by atoms with van der Waals surface area (Å²) in [6.45, 7) is 4.05. The molecular formula is C18H22N2O3. The van der Waals surface area contributed by atoms with E-state index in [1.54, 1.807) is 0 Å². The molecule has 0 bridgehead atoms. The van der Waals surface area contributed by atoms with Crippen molar-refractivity contribution in [3.63, 3.8) is 0 Å². The fourth-order valence-electron chi connectivity index (χ4n) is 3.42. The maximum atomic E-state index is 12.6. The molecule has 5 nitrogen and oxygen atoms in total. The molecule has 3 rings (SSSR count). The van der Waals surface area contributed by atoms with Gasteiger partial charge >= 0.3 is 5.97 Å². The van der Waals surface area contributed by atoms with Crippen LogP contribution in [-0.4, -0.2) is 28.0 Å². The predicted molar refractivity (Wildman–Crippen MR) is 88.6 cm³/mol. The minimum Gasteiger partial charge on any atom is -0.481 e. The number of benzene rings is 1. The second kappa shape index (κ2) is 6.07. The maximum absolute atomic E-state index is 12.6. The topological polar surface area (TPSA) is 82.2 Å². The lowest BCUT2D eigenvalue weighted by molar-refractivity contribution is -0.142. The molecule has 1 saturated carbocycles. The zero-order valence-electron chi connectivity index (χ0n) is 13.5. The van der Waals surface area contributed by atoms with Gasteiger partial charge in [0, 0.05) is 17.1 Å². The first-order chi connectivity index (χ1) is 11.0. The summed E-state index contributed by atoms with van der Waals surface area (Å²) < 4.78 is 0. The molecule has 3 N–H and O–H groups in total. The van der Waals surface area contributed by atoms with E-state index in [0.29, 0.717) is 18.4 Å². The van der Waals surface area contributed by atoms with Crippen LogP contribution in [0.25, 0.3) is 10.9 Å². The highest BCUT2D eigenvalue weighted by Crippen LogP contribution is 2.26. The van der Waals surface area contributed by atoms with Crippen LogP contribution < -0.4 is 5.32 Å². The van der Waals surface area contributed by atoms with E-state index in [9.17, 15) is 9.59 Å². The van der Waals surface area contributed by atoms with Crippen molar-refractivity contribution in [3.05, 3.63) is 35.0 Å². The van der Waals surface area contributed by atoms with Gasteiger partial charge in [0.2, 0.25) is 0 Å². The maximum Gasteiger partial charge on any atom is 0.306 e. The lowest BCUT2D eigenvalue weighted by atomic mass is 9.86. The highest BCUT2D eigenvalue weighted by molar-refractivity contribution is 6.06. The Morgan fingerprint density at radius 2 is 1.87 bits per heavy atom. The summed E-state index contributed by atoms with van der Waals surface area (Å²) in [7, 11) is 0. The van der Waals surface area contributed by atoms with Crippen LogP contribution in [0.5, 0.6) is 0 Å². The van der Waals surface area contributed by atoms with E-state index >= 15 is 0 Å². The number of para-hydroxylation sites is 1. The molecule has 2 aromatic rings. The molecule has 1 amide bonds.